The molecular formula is C14H20F3NO. The SMILES string of the molecule is COc1cc(C)ccc1C(C)NC(C)CC(F)(F)F. The van der Waals surface area contributed by atoms with Crippen molar-refractivity contribution in [1.29, 1.82) is 0 Å². The van der Waals surface area contributed by atoms with Crippen LogP contribution in [0.4, 0.5) is 13.2 Å². The molecule has 0 spiro atoms. The van der Waals surface area contributed by atoms with E-state index in [1.807, 2.05) is 32.0 Å². The second-order valence-electron chi connectivity index (χ2n) is 4.85. The van der Waals surface area contributed by atoms with Gasteiger partial charge in [0.1, 0.15) is 5.75 Å². The largest absolute Gasteiger partial charge is 0.496 e. The molecule has 0 saturated carbocycles. The first-order valence-electron chi connectivity index (χ1n) is 6.20. The Labute approximate surface area is 112 Å². The lowest BCUT2D eigenvalue weighted by Crippen LogP contribution is -2.33. The lowest BCUT2D eigenvalue weighted by atomic mass is 10.0. The summed E-state index contributed by atoms with van der Waals surface area (Å²) in [6.45, 7) is 5.31. The van der Waals surface area contributed by atoms with E-state index in [1.54, 1.807) is 7.11 Å². The molecule has 0 radical (unpaired) electrons. The minimum atomic E-state index is -4.15. The maximum atomic E-state index is 12.3. The topological polar surface area (TPSA) is 21.3 Å². The van der Waals surface area contributed by atoms with Crippen molar-refractivity contribution in [2.24, 2.45) is 0 Å². The van der Waals surface area contributed by atoms with Gasteiger partial charge in [-0.05, 0) is 32.4 Å². The van der Waals surface area contributed by atoms with E-state index in [0.29, 0.717) is 5.75 Å². The Kier molecular flexibility index (Phi) is 5.23. The van der Waals surface area contributed by atoms with Gasteiger partial charge in [0.15, 0.2) is 0 Å². The highest BCUT2D eigenvalue weighted by atomic mass is 19.4. The van der Waals surface area contributed by atoms with Crippen molar-refractivity contribution in [3.05, 3.63) is 29.3 Å². The molecular weight excluding hydrogens is 255 g/mol. The van der Waals surface area contributed by atoms with Gasteiger partial charge in [-0.25, -0.2) is 0 Å². The van der Waals surface area contributed by atoms with Crippen LogP contribution >= 0.6 is 0 Å². The molecule has 0 aliphatic carbocycles. The monoisotopic (exact) mass is 275 g/mol. The molecule has 108 valence electrons. The van der Waals surface area contributed by atoms with Crippen molar-refractivity contribution in [3.63, 3.8) is 0 Å². The van der Waals surface area contributed by atoms with E-state index in [1.165, 1.54) is 6.92 Å². The fourth-order valence-corrected chi connectivity index (χ4v) is 2.10. The molecule has 0 amide bonds. The second kappa shape index (κ2) is 6.28. The van der Waals surface area contributed by atoms with Gasteiger partial charge < -0.3 is 10.1 Å². The first-order valence-corrected chi connectivity index (χ1v) is 6.20. The van der Waals surface area contributed by atoms with E-state index in [2.05, 4.69) is 5.32 Å². The zero-order valence-corrected chi connectivity index (χ0v) is 11.6. The summed E-state index contributed by atoms with van der Waals surface area (Å²) in [6.07, 6.45) is -4.99. The van der Waals surface area contributed by atoms with Crippen LogP contribution in [0.5, 0.6) is 5.75 Å². The Hall–Kier alpha value is -1.23. The predicted molar refractivity (Wildman–Crippen MR) is 69.4 cm³/mol. The number of nitrogens with one attached hydrogen (secondary N) is 1. The van der Waals surface area contributed by atoms with Crippen molar-refractivity contribution in [1.82, 2.24) is 5.32 Å². The third-order valence-corrected chi connectivity index (χ3v) is 2.93. The smallest absolute Gasteiger partial charge is 0.390 e. The maximum Gasteiger partial charge on any atom is 0.390 e. The Balaban J connectivity index is 2.75. The third kappa shape index (κ3) is 5.11. The van der Waals surface area contributed by atoms with Gasteiger partial charge in [-0.3, -0.25) is 0 Å². The number of halogens is 3. The van der Waals surface area contributed by atoms with Gasteiger partial charge in [-0.1, -0.05) is 12.1 Å². The number of rotatable bonds is 5. The van der Waals surface area contributed by atoms with Gasteiger partial charge in [0.2, 0.25) is 0 Å². The van der Waals surface area contributed by atoms with Crippen LogP contribution in [0.3, 0.4) is 0 Å². The van der Waals surface area contributed by atoms with Crippen LogP contribution < -0.4 is 10.1 Å². The van der Waals surface area contributed by atoms with Crippen molar-refractivity contribution in [2.45, 2.75) is 45.5 Å². The zero-order valence-electron chi connectivity index (χ0n) is 11.6. The van der Waals surface area contributed by atoms with Crippen molar-refractivity contribution in [3.8, 4) is 5.75 Å². The maximum absolute atomic E-state index is 12.3. The number of alkyl halides is 3. The molecule has 0 heterocycles. The number of ether oxygens (including phenoxy) is 1. The van der Waals surface area contributed by atoms with Crippen LogP contribution in [0, 0.1) is 6.92 Å². The van der Waals surface area contributed by atoms with Crippen LogP contribution in [0.2, 0.25) is 0 Å². The average Bonchev–Trinajstić information content (AvgIpc) is 2.25. The highest BCUT2D eigenvalue weighted by Crippen LogP contribution is 2.28. The summed E-state index contributed by atoms with van der Waals surface area (Å²) in [5.74, 6) is 0.694. The van der Waals surface area contributed by atoms with Gasteiger partial charge in [0.25, 0.3) is 0 Å². The Bertz CT molecular complexity index is 418. The Morgan fingerprint density at radius 3 is 2.42 bits per heavy atom. The van der Waals surface area contributed by atoms with Crippen molar-refractivity contribution in [2.75, 3.05) is 7.11 Å². The average molecular weight is 275 g/mol. The van der Waals surface area contributed by atoms with Gasteiger partial charge in [0, 0.05) is 17.6 Å². The molecule has 0 aliphatic heterocycles. The summed E-state index contributed by atoms with van der Waals surface area (Å²) in [4.78, 5) is 0. The lowest BCUT2D eigenvalue weighted by Gasteiger charge is -2.23. The molecule has 1 aromatic carbocycles. The zero-order chi connectivity index (χ0) is 14.6. The van der Waals surface area contributed by atoms with E-state index in [9.17, 15) is 13.2 Å². The number of methoxy groups -OCH3 is 1. The summed E-state index contributed by atoms with van der Waals surface area (Å²) in [7, 11) is 1.56. The van der Waals surface area contributed by atoms with Crippen LogP contribution in [0.25, 0.3) is 0 Å². The van der Waals surface area contributed by atoms with Crippen molar-refractivity contribution < 1.29 is 17.9 Å². The van der Waals surface area contributed by atoms with Crippen LogP contribution in [-0.2, 0) is 0 Å². The van der Waals surface area contributed by atoms with Gasteiger partial charge >= 0.3 is 6.18 Å². The van der Waals surface area contributed by atoms with E-state index < -0.39 is 18.6 Å². The number of hydrogen-bond acceptors (Lipinski definition) is 2. The van der Waals surface area contributed by atoms with E-state index in [4.69, 9.17) is 4.74 Å². The molecule has 0 aliphatic rings. The summed E-state index contributed by atoms with van der Waals surface area (Å²) in [6, 6.07) is 4.84. The predicted octanol–water partition coefficient (Wildman–Crippen LogP) is 4.00. The molecule has 0 bridgehead atoms. The number of aryl methyl sites for hydroxylation is 1. The van der Waals surface area contributed by atoms with Crippen molar-refractivity contribution >= 4 is 0 Å². The molecule has 19 heavy (non-hydrogen) atoms. The molecule has 0 aromatic heterocycles. The third-order valence-electron chi connectivity index (χ3n) is 2.93. The molecule has 1 N–H and O–H groups in total. The van der Waals surface area contributed by atoms with Gasteiger partial charge in [-0.2, -0.15) is 13.2 Å². The highest BCUT2D eigenvalue weighted by molar-refractivity contribution is 5.39. The Morgan fingerprint density at radius 1 is 1.26 bits per heavy atom. The summed E-state index contributed by atoms with van der Waals surface area (Å²) in [5.41, 5.74) is 1.92. The lowest BCUT2D eigenvalue weighted by molar-refractivity contribution is -0.139. The molecule has 1 rings (SSSR count). The number of benzene rings is 1. The summed E-state index contributed by atoms with van der Waals surface area (Å²) >= 11 is 0. The quantitative estimate of drug-likeness (QED) is 0.877. The number of hydrogen-bond donors (Lipinski definition) is 1. The highest BCUT2D eigenvalue weighted by Gasteiger charge is 2.30. The fraction of sp³-hybridized carbons (Fsp3) is 0.571. The van der Waals surface area contributed by atoms with Crippen LogP contribution in [0.1, 0.15) is 37.4 Å². The van der Waals surface area contributed by atoms with E-state index >= 15 is 0 Å². The normalized spacial score (nSPS) is 15.1. The van der Waals surface area contributed by atoms with Gasteiger partial charge in [-0.15, -0.1) is 0 Å². The minimum absolute atomic E-state index is 0.201. The standard InChI is InChI=1S/C14H20F3NO/c1-9-5-6-12(13(7-9)19-4)11(3)18-10(2)8-14(15,16)17/h5-7,10-11,18H,8H2,1-4H3. The molecule has 0 saturated heterocycles. The molecule has 0 fully saturated rings. The molecule has 5 heteroatoms. The van der Waals surface area contributed by atoms with Crippen LogP contribution in [0.15, 0.2) is 18.2 Å². The molecule has 2 atom stereocenters. The fourth-order valence-electron chi connectivity index (χ4n) is 2.10. The molecule has 2 nitrogen and oxygen atoms in total. The van der Waals surface area contributed by atoms with E-state index in [-0.39, 0.29) is 6.04 Å². The van der Waals surface area contributed by atoms with Gasteiger partial charge in [0.05, 0.1) is 13.5 Å². The molecule has 1 aromatic rings. The summed E-state index contributed by atoms with van der Waals surface area (Å²) in [5, 5.41) is 2.95. The minimum Gasteiger partial charge on any atom is -0.496 e. The first-order chi connectivity index (χ1) is 8.73. The first kappa shape index (κ1) is 15.8. The summed E-state index contributed by atoms with van der Waals surface area (Å²) < 4.78 is 42.1. The Morgan fingerprint density at radius 2 is 1.89 bits per heavy atom. The van der Waals surface area contributed by atoms with E-state index in [0.717, 1.165) is 11.1 Å². The van der Waals surface area contributed by atoms with Crippen LogP contribution in [-0.4, -0.2) is 19.3 Å². The second-order valence-corrected chi connectivity index (χ2v) is 4.85. The molecule has 2 unspecified atom stereocenters.